The Hall–Kier alpha value is -1.73. The fraction of sp³-hybridized carbons (Fsp3) is 0.684. The largest absolute Gasteiger partial charge is 0.395 e. The minimum atomic E-state index is -4.23. The summed E-state index contributed by atoms with van der Waals surface area (Å²) in [4.78, 5) is 16.5. The van der Waals surface area contributed by atoms with Crippen LogP contribution in [-0.4, -0.2) is 30.1 Å². The average Bonchev–Trinajstić information content (AvgIpc) is 2.57. The number of halogens is 5. The topological polar surface area (TPSA) is 41.5 Å². The monoisotopic (exact) mass is 390 g/mol. The van der Waals surface area contributed by atoms with Gasteiger partial charge in [-0.1, -0.05) is 12.2 Å². The van der Waals surface area contributed by atoms with Gasteiger partial charge in [-0.25, -0.2) is 8.78 Å². The van der Waals surface area contributed by atoms with E-state index in [1.165, 1.54) is 6.08 Å². The van der Waals surface area contributed by atoms with Gasteiger partial charge in [-0.15, -0.1) is 0 Å². The van der Waals surface area contributed by atoms with Crippen LogP contribution < -0.4 is 5.32 Å². The summed E-state index contributed by atoms with van der Waals surface area (Å²) in [5.41, 5.74) is 0.258. The van der Waals surface area contributed by atoms with Crippen LogP contribution in [0.1, 0.15) is 45.4 Å². The summed E-state index contributed by atoms with van der Waals surface area (Å²) in [5, 5.41) is 3.04. The van der Waals surface area contributed by atoms with E-state index in [0.29, 0.717) is 12.8 Å². The molecule has 150 valence electrons. The first-order valence-corrected chi connectivity index (χ1v) is 9.31. The number of nitrogens with zero attached hydrogens (tertiary/aromatic N) is 1. The van der Waals surface area contributed by atoms with Crippen LogP contribution >= 0.6 is 0 Å². The number of carbonyl (C=O) groups excluding carboxylic acids is 1. The molecule has 0 saturated heterocycles. The predicted molar refractivity (Wildman–Crippen MR) is 91.4 cm³/mol. The smallest absolute Gasteiger partial charge is 0.366 e. The Morgan fingerprint density at radius 1 is 1.22 bits per heavy atom. The van der Waals surface area contributed by atoms with Crippen molar-refractivity contribution < 1.29 is 26.7 Å². The first-order valence-electron chi connectivity index (χ1n) is 9.31. The lowest BCUT2D eigenvalue weighted by Crippen LogP contribution is -2.47. The molecule has 5 atom stereocenters. The molecule has 27 heavy (non-hydrogen) atoms. The summed E-state index contributed by atoms with van der Waals surface area (Å²) in [6.07, 6.45) is -1.83. The van der Waals surface area contributed by atoms with Gasteiger partial charge in [0.2, 0.25) is 0 Å². The number of hydrogen-bond donors (Lipinski definition) is 1. The van der Waals surface area contributed by atoms with Gasteiger partial charge in [0.1, 0.15) is 17.8 Å². The summed E-state index contributed by atoms with van der Waals surface area (Å²) in [6, 6.07) is -0.317. The number of hydrogen-bond acceptors (Lipinski definition) is 2. The van der Waals surface area contributed by atoms with Crippen molar-refractivity contribution in [2.75, 3.05) is 0 Å². The fourth-order valence-electron chi connectivity index (χ4n) is 3.99. The number of allylic oxidation sites excluding steroid dienone is 3. The summed E-state index contributed by atoms with van der Waals surface area (Å²) >= 11 is 0. The lowest BCUT2D eigenvalue weighted by atomic mass is 9.80. The molecule has 0 fully saturated rings. The van der Waals surface area contributed by atoms with E-state index in [4.69, 9.17) is 0 Å². The molecule has 8 heteroatoms. The zero-order valence-corrected chi connectivity index (χ0v) is 15.0. The quantitative estimate of drug-likeness (QED) is 0.556. The van der Waals surface area contributed by atoms with Gasteiger partial charge in [-0.05, 0) is 44.9 Å². The maximum atomic E-state index is 14.0. The highest BCUT2D eigenvalue weighted by atomic mass is 19.4. The van der Waals surface area contributed by atoms with Crippen molar-refractivity contribution in [3.8, 4) is 0 Å². The third kappa shape index (κ3) is 4.58. The highest BCUT2D eigenvalue weighted by molar-refractivity contribution is 6.07. The molecule has 0 saturated carbocycles. The van der Waals surface area contributed by atoms with E-state index in [9.17, 15) is 26.7 Å². The Kier molecular flexibility index (Phi) is 5.72. The Balaban J connectivity index is 1.67. The fourth-order valence-corrected chi connectivity index (χ4v) is 3.99. The number of nitrogens with one attached hydrogen (secondary N) is 1. The van der Waals surface area contributed by atoms with E-state index in [0.717, 1.165) is 0 Å². The van der Waals surface area contributed by atoms with Crippen LogP contribution in [0.5, 0.6) is 0 Å². The molecule has 5 unspecified atom stereocenters. The number of carbonyl (C=O) groups is 1. The number of alkyl halides is 4. The van der Waals surface area contributed by atoms with E-state index in [1.807, 2.05) is 0 Å². The number of amidine groups is 1. The summed E-state index contributed by atoms with van der Waals surface area (Å²) in [6.45, 7) is 1.78. The van der Waals surface area contributed by atoms with E-state index in [2.05, 4.69) is 10.3 Å². The third-order valence-corrected chi connectivity index (χ3v) is 5.67. The normalized spacial score (nSPS) is 35.1. The van der Waals surface area contributed by atoms with Crippen LogP contribution in [0.4, 0.5) is 22.0 Å². The maximum absolute atomic E-state index is 14.0. The molecule has 3 rings (SSSR count). The van der Waals surface area contributed by atoms with Crippen molar-refractivity contribution in [3.05, 3.63) is 23.6 Å². The minimum absolute atomic E-state index is 0.0183. The molecular weight excluding hydrogens is 367 g/mol. The molecule has 0 bridgehead atoms. The van der Waals surface area contributed by atoms with E-state index < -0.39 is 35.9 Å². The van der Waals surface area contributed by atoms with Gasteiger partial charge in [-0.3, -0.25) is 4.79 Å². The second kappa shape index (κ2) is 7.72. The van der Waals surface area contributed by atoms with Crippen LogP contribution in [0, 0.1) is 17.8 Å². The third-order valence-electron chi connectivity index (χ3n) is 5.67. The maximum Gasteiger partial charge on any atom is 0.395 e. The summed E-state index contributed by atoms with van der Waals surface area (Å²) < 4.78 is 65.5. The highest BCUT2D eigenvalue weighted by Gasteiger charge is 2.40. The zero-order valence-electron chi connectivity index (χ0n) is 15.0. The molecule has 1 heterocycles. The molecular formula is C19H23F5N2O. The molecule has 0 aromatic heterocycles. The molecule has 1 amide bonds. The predicted octanol–water partition coefficient (Wildman–Crippen LogP) is 4.80. The highest BCUT2D eigenvalue weighted by Crippen LogP contribution is 2.38. The van der Waals surface area contributed by atoms with Crippen LogP contribution in [0.2, 0.25) is 0 Å². The van der Waals surface area contributed by atoms with Crippen LogP contribution in [-0.2, 0) is 4.79 Å². The van der Waals surface area contributed by atoms with Gasteiger partial charge < -0.3 is 5.32 Å². The molecule has 0 aromatic rings. The van der Waals surface area contributed by atoms with Crippen LogP contribution in [0.15, 0.2) is 28.5 Å². The standard InChI is InChI=1S/C19H23F5N2O/c1-10-15(8-11-2-4-12(5-3-11)19(22,23)24)18(27)26-17(25-10)14-7-6-13(20)9-16(14)21/h2,4,10-13,15H,3,5-9H2,1H3,(H,25,26,27). The Morgan fingerprint density at radius 3 is 2.52 bits per heavy atom. The second-order valence-electron chi connectivity index (χ2n) is 7.67. The Bertz CT molecular complexity index is 682. The Labute approximate surface area is 154 Å². The first kappa shape index (κ1) is 20.0. The minimum Gasteiger partial charge on any atom is -0.366 e. The summed E-state index contributed by atoms with van der Waals surface area (Å²) in [5.74, 6) is -2.82. The molecule has 0 spiro atoms. The van der Waals surface area contributed by atoms with E-state index in [-0.39, 0.29) is 49.1 Å². The lowest BCUT2D eigenvalue weighted by molar-refractivity contribution is -0.164. The van der Waals surface area contributed by atoms with E-state index >= 15 is 0 Å². The van der Waals surface area contributed by atoms with E-state index in [1.54, 1.807) is 13.0 Å². The number of rotatable bonds is 3. The van der Waals surface area contributed by atoms with Gasteiger partial charge in [0.15, 0.2) is 0 Å². The van der Waals surface area contributed by atoms with Crippen LogP contribution in [0.25, 0.3) is 0 Å². The van der Waals surface area contributed by atoms with Crippen LogP contribution in [0.3, 0.4) is 0 Å². The van der Waals surface area contributed by atoms with Gasteiger partial charge >= 0.3 is 6.18 Å². The van der Waals surface area contributed by atoms with Crippen molar-refractivity contribution in [1.82, 2.24) is 5.32 Å². The molecule has 1 N–H and O–H groups in total. The zero-order chi connectivity index (χ0) is 19.8. The van der Waals surface area contributed by atoms with Crippen molar-refractivity contribution in [2.24, 2.45) is 22.7 Å². The molecule has 2 aliphatic carbocycles. The number of aliphatic imine (C=N–C) groups is 1. The molecule has 1 aliphatic heterocycles. The van der Waals surface area contributed by atoms with Crippen molar-refractivity contribution in [1.29, 1.82) is 0 Å². The second-order valence-corrected chi connectivity index (χ2v) is 7.67. The van der Waals surface area contributed by atoms with Gasteiger partial charge in [0.25, 0.3) is 5.91 Å². The average molecular weight is 390 g/mol. The SMILES string of the molecule is CC1NC(C2=C(F)CC(F)CC2)=NC(=O)C1CC1C=CC(C(F)(F)F)CC1. The Morgan fingerprint density at radius 2 is 1.96 bits per heavy atom. The van der Waals surface area contributed by atoms with Crippen molar-refractivity contribution in [3.63, 3.8) is 0 Å². The first-order chi connectivity index (χ1) is 12.6. The van der Waals surface area contributed by atoms with Gasteiger partial charge in [0.05, 0.1) is 11.8 Å². The lowest BCUT2D eigenvalue weighted by Gasteiger charge is -2.33. The molecule has 0 radical (unpaired) electrons. The van der Waals surface area contributed by atoms with Gasteiger partial charge in [-0.2, -0.15) is 18.2 Å². The number of amides is 1. The van der Waals surface area contributed by atoms with Gasteiger partial charge in [0, 0.05) is 18.0 Å². The molecule has 3 nitrogen and oxygen atoms in total. The van der Waals surface area contributed by atoms with Crippen molar-refractivity contribution >= 4 is 11.7 Å². The summed E-state index contributed by atoms with van der Waals surface area (Å²) in [7, 11) is 0. The molecule has 3 aliphatic rings. The van der Waals surface area contributed by atoms with Crippen molar-refractivity contribution in [2.45, 2.75) is 63.8 Å². The molecule has 0 aromatic carbocycles.